The van der Waals surface area contributed by atoms with E-state index in [4.69, 9.17) is 23.4 Å². The molecule has 2 aromatic carbocycles. The molecule has 3 aromatic rings. The van der Waals surface area contributed by atoms with Gasteiger partial charge >= 0.3 is 6.01 Å². The lowest BCUT2D eigenvalue weighted by Gasteiger charge is -2.18. The van der Waals surface area contributed by atoms with Crippen molar-refractivity contribution < 1.29 is 28.2 Å². The average Bonchev–Trinajstić information content (AvgIpc) is 3.36. The molecule has 0 radical (unpaired) electrons. The molecule has 0 aliphatic carbocycles. The Hall–Kier alpha value is -3.75. The van der Waals surface area contributed by atoms with Gasteiger partial charge in [-0.1, -0.05) is 5.10 Å². The van der Waals surface area contributed by atoms with E-state index < -0.39 is 5.91 Å². The number of carbonyl (C=O) groups is 1. The Morgan fingerprint density at radius 2 is 1.59 bits per heavy atom. The first-order valence-corrected chi connectivity index (χ1v) is 8.21. The van der Waals surface area contributed by atoms with Crippen molar-refractivity contribution in [3.63, 3.8) is 0 Å². The van der Waals surface area contributed by atoms with Gasteiger partial charge in [-0.3, -0.25) is 10.1 Å². The average molecular weight is 367 g/mol. The fourth-order valence-corrected chi connectivity index (χ4v) is 2.77. The van der Waals surface area contributed by atoms with E-state index in [0.717, 1.165) is 0 Å². The van der Waals surface area contributed by atoms with Gasteiger partial charge < -0.3 is 23.4 Å². The van der Waals surface area contributed by atoms with Crippen LogP contribution in [-0.2, 0) is 0 Å². The highest BCUT2D eigenvalue weighted by Crippen LogP contribution is 2.35. The second-order valence-electron chi connectivity index (χ2n) is 5.79. The van der Waals surface area contributed by atoms with E-state index in [1.807, 2.05) is 0 Å². The summed E-state index contributed by atoms with van der Waals surface area (Å²) >= 11 is 0. The van der Waals surface area contributed by atoms with Crippen molar-refractivity contribution in [3.05, 3.63) is 42.0 Å². The van der Waals surface area contributed by atoms with Gasteiger partial charge in [-0.15, -0.1) is 5.10 Å². The van der Waals surface area contributed by atoms with E-state index in [2.05, 4.69) is 15.5 Å². The van der Waals surface area contributed by atoms with Crippen molar-refractivity contribution in [3.8, 4) is 34.5 Å². The molecule has 1 aromatic heterocycles. The zero-order valence-electron chi connectivity index (χ0n) is 13.9. The SMILES string of the molecule is O=C(Nc1nnc(-c2ccc3c(c2)OCCO3)o1)c1ccc2c(c1)OCO2. The van der Waals surface area contributed by atoms with Gasteiger partial charge in [0.1, 0.15) is 13.2 Å². The van der Waals surface area contributed by atoms with Crippen molar-refractivity contribution in [1.29, 1.82) is 0 Å². The number of aromatic nitrogens is 2. The number of amides is 1. The van der Waals surface area contributed by atoms with Crippen molar-refractivity contribution in [2.24, 2.45) is 0 Å². The smallest absolute Gasteiger partial charge is 0.322 e. The van der Waals surface area contributed by atoms with E-state index >= 15 is 0 Å². The molecule has 1 amide bonds. The molecule has 3 heterocycles. The van der Waals surface area contributed by atoms with Gasteiger partial charge in [-0.25, -0.2) is 0 Å². The van der Waals surface area contributed by atoms with E-state index in [1.165, 1.54) is 0 Å². The lowest BCUT2D eigenvalue weighted by molar-refractivity contribution is 0.102. The van der Waals surface area contributed by atoms with Crippen LogP contribution in [0, 0.1) is 0 Å². The highest BCUT2D eigenvalue weighted by atomic mass is 16.7. The van der Waals surface area contributed by atoms with Crippen LogP contribution in [0.25, 0.3) is 11.5 Å². The topological polar surface area (TPSA) is 105 Å². The number of nitrogens with one attached hydrogen (secondary N) is 1. The van der Waals surface area contributed by atoms with Crippen LogP contribution in [0.3, 0.4) is 0 Å². The number of rotatable bonds is 3. The summed E-state index contributed by atoms with van der Waals surface area (Å²) in [7, 11) is 0. The molecule has 0 atom stereocenters. The molecule has 9 nitrogen and oxygen atoms in total. The minimum absolute atomic E-state index is 0.0115. The first-order valence-electron chi connectivity index (χ1n) is 8.21. The molecular formula is C18H13N3O6. The first kappa shape index (κ1) is 15.5. The Kier molecular flexibility index (Phi) is 3.56. The number of hydrogen-bond donors (Lipinski definition) is 1. The van der Waals surface area contributed by atoms with E-state index in [0.29, 0.717) is 47.3 Å². The number of benzene rings is 2. The Morgan fingerprint density at radius 3 is 2.52 bits per heavy atom. The molecule has 9 heteroatoms. The molecule has 136 valence electrons. The number of hydrogen-bond acceptors (Lipinski definition) is 8. The van der Waals surface area contributed by atoms with Gasteiger partial charge in [0.15, 0.2) is 23.0 Å². The monoisotopic (exact) mass is 367 g/mol. The predicted molar refractivity (Wildman–Crippen MR) is 91.2 cm³/mol. The maximum atomic E-state index is 12.4. The van der Waals surface area contributed by atoms with Gasteiger partial charge in [-0.05, 0) is 36.4 Å². The maximum Gasteiger partial charge on any atom is 0.322 e. The molecule has 0 unspecified atom stereocenters. The minimum Gasteiger partial charge on any atom is -0.486 e. The fraction of sp³-hybridized carbons (Fsp3) is 0.167. The van der Waals surface area contributed by atoms with Crippen LogP contribution < -0.4 is 24.3 Å². The largest absolute Gasteiger partial charge is 0.486 e. The molecule has 27 heavy (non-hydrogen) atoms. The van der Waals surface area contributed by atoms with Crippen LogP contribution in [0.15, 0.2) is 40.8 Å². The number of nitrogens with zero attached hydrogens (tertiary/aromatic N) is 2. The van der Waals surface area contributed by atoms with Gasteiger partial charge in [0.05, 0.1) is 0 Å². The minimum atomic E-state index is -0.398. The van der Waals surface area contributed by atoms with Gasteiger partial charge in [0.2, 0.25) is 12.7 Å². The molecule has 0 saturated heterocycles. The molecule has 5 rings (SSSR count). The van der Waals surface area contributed by atoms with Crippen molar-refractivity contribution >= 4 is 11.9 Å². The standard InChI is InChI=1S/C18H13N3O6/c22-16(10-1-3-13-15(7-10)26-9-25-13)19-18-21-20-17(27-18)11-2-4-12-14(8-11)24-6-5-23-12/h1-4,7-8H,5-6,9H2,(H,19,21,22). The van der Waals surface area contributed by atoms with Crippen LogP contribution in [0.4, 0.5) is 6.01 Å². The molecule has 0 spiro atoms. The zero-order chi connectivity index (χ0) is 18.2. The van der Waals surface area contributed by atoms with Crippen LogP contribution in [-0.4, -0.2) is 36.1 Å². The van der Waals surface area contributed by atoms with Crippen LogP contribution in [0.5, 0.6) is 23.0 Å². The summed E-state index contributed by atoms with van der Waals surface area (Å²) in [4.78, 5) is 12.4. The van der Waals surface area contributed by atoms with Crippen molar-refractivity contribution in [2.75, 3.05) is 25.3 Å². The third-order valence-corrected chi connectivity index (χ3v) is 4.07. The highest BCUT2D eigenvalue weighted by Gasteiger charge is 2.19. The second kappa shape index (κ2) is 6.20. The van der Waals surface area contributed by atoms with Crippen LogP contribution >= 0.6 is 0 Å². The van der Waals surface area contributed by atoms with E-state index in [-0.39, 0.29) is 18.7 Å². The number of ether oxygens (including phenoxy) is 4. The quantitative estimate of drug-likeness (QED) is 0.753. The summed E-state index contributed by atoms with van der Waals surface area (Å²) in [6.45, 7) is 1.14. The molecule has 0 saturated carbocycles. The van der Waals surface area contributed by atoms with Crippen molar-refractivity contribution in [1.82, 2.24) is 10.2 Å². The third-order valence-electron chi connectivity index (χ3n) is 4.07. The van der Waals surface area contributed by atoms with Crippen molar-refractivity contribution in [2.45, 2.75) is 0 Å². The molecular weight excluding hydrogens is 354 g/mol. The van der Waals surface area contributed by atoms with Crippen LogP contribution in [0.1, 0.15) is 10.4 Å². The Balaban J connectivity index is 1.34. The van der Waals surface area contributed by atoms with Crippen LogP contribution in [0.2, 0.25) is 0 Å². The number of fused-ring (bicyclic) bond motifs is 2. The number of carbonyl (C=O) groups excluding carboxylic acids is 1. The number of anilines is 1. The molecule has 2 aliphatic rings. The summed E-state index contributed by atoms with van der Waals surface area (Å²) in [5.74, 6) is 2.26. The zero-order valence-corrected chi connectivity index (χ0v) is 13.9. The fourth-order valence-electron chi connectivity index (χ4n) is 2.77. The van der Waals surface area contributed by atoms with Gasteiger partial charge in [0, 0.05) is 11.1 Å². The first-order chi connectivity index (χ1) is 13.3. The summed E-state index contributed by atoms with van der Waals surface area (Å²) in [6, 6.07) is 10.2. The Labute approximate surface area is 152 Å². The summed E-state index contributed by atoms with van der Waals surface area (Å²) < 4.78 is 27.1. The lowest BCUT2D eigenvalue weighted by atomic mass is 10.2. The highest BCUT2D eigenvalue weighted by molar-refractivity contribution is 6.03. The molecule has 1 N–H and O–H groups in total. The van der Waals surface area contributed by atoms with Gasteiger partial charge in [-0.2, -0.15) is 0 Å². The summed E-state index contributed by atoms with van der Waals surface area (Å²) in [6.07, 6.45) is 0. The predicted octanol–water partition coefficient (Wildman–Crippen LogP) is 2.49. The third kappa shape index (κ3) is 2.88. The Morgan fingerprint density at radius 1 is 0.852 bits per heavy atom. The maximum absolute atomic E-state index is 12.4. The second-order valence-corrected chi connectivity index (χ2v) is 5.79. The summed E-state index contributed by atoms with van der Waals surface area (Å²) in [5, 5.41) is 10.4. The normalized spacial score (nSPS) is 14.1. The molecule has 0 fully saturated rings. The Bertz CT molecular complexity index is 1030. The van der Waals surface area contributed by atoms with Gasteiger partial charge in [0.25, 0.3) is 5.91 Å². The van der Waals surface area contributed by atoms with E-state index in [1.54, 1.807) is 36.4 Å². The molecule has 0 bridgehead atoms. The molecule has 2 aliphatic heterocycles. The van der Waals surface area contributed by atoms with E-state index in [9.17, 15) is 4.79 Å². The lowest BCUT2D eigenvalue weighted by Crippen LogP contribution is -2.15. The summed E-state index contributed by atoms with van der Waals surface area (Å²) in [5.41, 5.74) is 1.05.